The van der Waals surface area contributed by atoms with E-state index < -0.39 is 0 Å². The molecule has 0 spiro atoms. The molecule has 158 valence electrons. The number of morpholine rings is 1. The first-order valence-electron chi connectivity index (χ1n) is 10.9. The molecule has 1 amide bonds. The molecule has 6 rings (SSSR count). The molecule has 0 aliphatic carbocycles. The summed E-state index contributed by atoms with van der Waals surface area (Å²) in [4.78, 5) is 21.9. The van der Waals surface area contributed by atoms with E-state index in [0.29, 0.717) is 29.5 Å². The predicted octanol–water partition coefficient (Wildman–Crippen LogP) is 2.07. The van der Waals surface area contributed by atoms with E-state index in [1.165, 1.54) is 12.8 Å². The number of hydrogen-bond acceptors (Lipinski definition) is 6. The molecule has 7 nitrogen and oxygen atoms in total. The third-order valence-corrected chi connectivity index (χ3v) is 6.64. The van der Waals surface area contributed by atoms with Crippen molar-refractivity contribution >= 4 is 16.9 Å². The van der Waals surface area contributed by atoms with Crippen LogP contribution in [0.2, 0.25) is 0 Å². The van der Waals surface area contributed by atoms with Gasteiger partial charge in [0.05, 0.1) is 31.6 Å². The van der Waals surface area contributed by atoms with E-state index in [9.17, 15) is 4.79 Å². The van der Waals surface area contributed by atoms with Crippen molar-refractivity contribution in [1.82, 2.24) is 20.1 Å². The quantitative estimate of drug-likeness (QED) is 0.784. The van der Waals surface area contributed by atoms with Gasteiger partial charge in [-0.2, -0.15) is 0 Å². The molecule has 6 heterocycles. The number of pyridine rings is 1. The Morgan fingerprint density at radius 3 is 2.80 bits per heavy atom. The highest BCUT2D eigenvalue weighted by molar-refractivity contribution is 5.96. The van der Waals surface area contributed by atoms with Gasteiger partial charge in [0, 0.05) is 37.6 Å². The molecule has 4 aliphatic heterocycles. The first-order valence-corrected chi connectivity index (χ1v) is 10.9. The lowest BCUT2D eigenvalue weighted by atomic mass is 9.80. The smallest absolute Gasteiger partial charge is 0.271 e. The zero-order valence-corrected chi connectivity index (χ0v) is 17.4. The average molecular weight is 409 g/mol. The van der Waals surface area contributed by atoms with Gasteiger partial charge in [0.25, 0.3) is 5.91 Å². The Kier molecular flexibility index (Phi) is 5.23. The number of fused-ring (bicyclic) bond motifs is 4. The molecular weight excluding hydrogens is 380 g/mol. The molecule has 4 saturated heterocycles. The molecule has 1 N–H and O–H groups in total. The summed E-state index contributed by atoms with van der Waals surface area (Å²) in [7, 11) is 0. The fraction of sp³-hybridized carbons (Fsp3) is 0.565. The maximum absolute atomic E-state index is 12.9. The summed E-state index contributed by atoms with van der Waals surface area (Å²) in [6.07, 6.45) is 5.10. The molecule has 2 aromatic rings. The Hall–Kier alpha value is -2.40. The molecule has 0 aromatic carbocycles. The number of furan rings is 1. The number of ether oxygens (including phenoxy) is 1. The van der Waals surface area contributed by atoms with E-state index in [4.69, 9.17) is 9.15 Å². The maximum atomic E-state index is 12.9. The second kappa shape index (κ2) is 8.03. The fourth-order valence-electron chi connectivity index (χ4n) is 4.89. The van der Waals surface area contributed by atoms with Gasteiger partial charge in [-0.05, 0) is 44.1 Å². The van der Waals surface area contributed by atoms with Gasteiger partial charge in [-0.15, -0.1) is 0 Å². The minimum absolute atomic E-state index is 0.131. The number of amides is 1. The summed E-state index contributed by atoms with van der Waals surface area (Å²) >= 11 is 0. The monoisotopic (exact) mass is 408 g/mol. The van der Waals surface area contributed by atoms with Crippen molar-refractivity contribution in [2.45, 2.75) is 31.8 Å². The highest BCUT2D eigenvalue weighted by atomic mass is 16.5. The Morgan fingerprint density at radius 1 is 1.27 bits per heavy atom. The highest BCUT2D eigenvalue weighted by Gasteiger charge is 2.43. The zero-order valence-electron chi connectivity index (χ0n) is 17.4. The summed E-state index contributed by atoms with van der Waals surface area (Å²) in [6, 6.07) is 3.68. The minimum atomic E-state index is -0.276. The second-order valence-corrected chi connectivity index (χ2v) is 8.77. The van der Waals surface area contributed by atoms with Crippen LogP contribution < -0.4 is 5.32 Å². The lowest BCUT2D eigenvalue weighted by Crippen LogP contribution is -2.65. The van der Waals surface area contributed by atoms with E-state index in [-0.39, 0.29) is 11.6 Å². The van der Waals surface area contributed by atoms with Gasteiger partial charge in [-0.1, -0.05) is 5.92 Å². The van der Waals surface area contributed by atoms with Gasteiger partial charge in [-0.3, -0.25) is 14.6 Å². The van der Waals surface area contributed by atoms with Crippen LogP contribution in [0.3, 0.4) is 0 Å². The molecule has 4 aliphatic rings. The molecule has 4 fully saturated rings. The number of aromatic nitrogens is 1. The highest BCUT2D eigenvalue weighted by Crippen LogP contribution is 2.37. The number of nitrogens with one attached hydrogen (secondary N) is 1. The van der Waals surface area contributed by atoms with Crippen molar-refractivity contribution in [1.29, 1.82) is 0 Å². The number of hydrogen-bond donors (Lipinski definition) is 1. The molecule has 2 bridgehead atoms. The van der Waals surface area contributed by atoms with Crippen LogP contribution in [0.25, 0.3) is 11.0 Å². The lowest BCUT2D eigenvalue weighted by Gasteiger charge is -2.52. The SMILES string of the molecule is C[C@@]1(NC(=O)c2cc3cc(C#CCN4CCOCC4)oc3cn2)CC2CCN1CC2. The molecule has 30 heavy (non-hydrogen) atoms. The van der Waals surface area contributed by atoms with Crippen LogP contribution in [0.5, 0.6) is 0 Å². The van der Waals surface area contributed by atoms with Crippen molar-refractivity contribution in [3.63, 3.8) is 0 Å². The fourth-order valence-corrected chi connectivity index (χ4v) is 4.89. The summed E-state index contributed by atoms with van der Waals surface area (Å²) in [5.74, 6) is 7.43. The topological polar surface area (TPSA) is 70.8 Å². The van der Waals surface area contributed by atoms with Crippen LogP contribution in [0.15, 0.2) is 22.7 Å². The largest absolute Gasteiger partial charge is 0.446 e. The van der Waals surface area contributed by atoms with E-state index in [2.05, 4.69) is 38.9 Å². The molecule has 0 saturated carbocycles. The first-order chi connectivity index (χ1) is 14.6. The number of carbonyl (C=O) groups is 1. The Bertz CT molecular complexity index is 993. The van der Waals surface area contributed by atoms with Crippen LogP contribution in [-0.2, 0) is 4.74 Å². The lowest BCUT2D eigenvalue weighted by molar-refractivity contribution is -0.0347. The van der Waals surface area contributed by atoms with Gasteiger partial charge in [0.1, 0.15) is 5.69 Å². The average Bonchev–Trinajstić information content (AvgIpc) is 3.17. The molecule has 2 aromatic heterocycles. The van der Waals surface area contributed by atoms with Crippen LogP contribution in [-0.4, -0.2) is 72.3 Å². The van der Waals surface area contributed by atoms with Gasteiger partial charge in [0.15, 0.2) is 11.3 Å². The third kappa shape index (κ3) is 3.95. The number of rotatable bonds is 3. The standard InChI is InChI=1S/C23H28N4O3/c1-23(15-17-4-7-27(23)8-5-17)25-22(28)20-14-18-13-19(30-21(18)16-24-20)3-2-6-26-9-11-29-12-10-26/h13-14,16-17H,4-12,15H2,1H3,(H,25,28)/t23-/m0/s1. The van der Waals surface area contributed by atoms with E-state index in [1.807, 2.05) is 6.07 Å². The normalized spacial score (nSPS) is 28.8. The zero-order chi connectivity index (χ0) is 20.6. The number of carbonyl (C=O) groups excluding carboxylic acids is 1. The van der Waals surface area contributed by atoms with Gasteiger partial charge < -0.3 is 14.5 Å². The molecular formula is C23H28N4O3. The van der Waals surface area contributed by atoms with E-state index >= 15 is 0 Å². The Balaban J connectivity index is 1.27. The maximum Gasteiger partial charge on any atom is 0.271 e. The second-order valence-electron chi connectivity index (χ2n) is 8.77. The molecule has 0 radical (unpaired) electrons. The van der Waals surface area contributed by atoms with Crippen molar-refractivity contribution < 1.29 is 13.9 Å². The van der Waals surface area contributed by atoms with Crippen LogP contribution in [0, 0.1) is 17.8 Å². The summed E-state index contributed by atoms with van der Waals surface area (Å²) in [5, 5.41) is 4.08. The van der Waals surface area contributed by atoms with E-state index in [0.717, 1.165) is 51.2 Å². The van der Waals surface area contributed by atoms with Gasteiger partial charge in [-0.25, -0.2) is 4.98 Å². The van der Waals surface area contributed by atoms with Gasteiger partial charge >= 0.3 is 0 Å². The molecule has 1 atom stereocenters. The summed E-state index contributed by atoms with van der Waals surface area (Å²) < 4.78 is 11.1. The predicted molar refractivity (Wildman–Crippen MR) is 113 cm³/mol. The van der Waals surface area contributed by atoms with Crippen molar-refractivity contribution in [2.75, 3.05) is 45.9 Å². The Labute approximate surface area is 176 Å². The van der Waals surface area contributed by atoms with Crippen molar-refractivity contribution in [3.05, 3.63) is 29.8 Å². The van der Waals surface area contributed by atoms with E-state index in [1.54, 1.807) is 12.3 Å². The Morgan fingerprint density at radius 2 is 2.07 bits per heavy atom. The minimum Gasteiger partial charge on any atom is -0.446 e. The summed E-state index contributed by atoms with van der Waals surface area (Å²) in [5.41, 5.74) is 0.787. The third-order valence-electron chi connectivity index (χ3n) is 6.64. The van der Waals surface area contributed by atoms with Gasteiger partial charge in [0.2, 0.25) is 0 Å². The van der Waals surface area contributed by atoms with Crippen LogP contribution >= 0.6 is 0 Å². The molecule has 0 unspecified atom stereocenters. The van der Waals surface area contributed by atoms with Crippen LogP contribution in [0.1, 0.15) is 42.4 Å². The van der Waals surface area contributed by atoms with Crippen molar-refractivity contribution in [2.24, 2.45) is 5.92 Å². The number of piperidine rings is 3. The molecule has 7 heteroatoms. The van der Waals surface area contributed by atoms with Crippen molar-refractivity contribution in [3.8, 4) is 11.8 Å². The van der Waals surface area contributed by atoms with Crippen LogP contribution in [0.4, 0.5) is 0 Å². The first kappa shape index (κ1) is 19.6. The summed E-state index contributed by atoms with van der Waals surface area (Å²) in [6.45, 7) is 8.30. The number of nitrogens with zero attached hydrogens (tertiary/aromatic N) is 3.